The second kappa shape index (κ2) is 4.70. The van der Waals surface area contributed by atoms with Crippen LogP contribution >= 0.6 is 23.2 Å². The molecule has 1 rings (SSSR count). The fourth-order valence-electron chi connectivity index (χ4n) is 0.759. The first kappa shape index (κ1) is 11.4. The summed E-state index contributed by atoms with van der Waals surface area (Å²) in [6.07, 6.45) is 0. The van der Waals surface area contributed by atoms with Crippen molar-refractivity contribution < 1.29 is 19.4 Å². The zero-order valence-corrected chi connectivity index (χ0v) is 8.58. The third-order valence-electron chi connectivity index (χ3n) is 1.30. The minimum Gasteiger partial charge on any atom is -0.510 e. The Hall–Kier alpha value is -0.685. The number of nitrogens with zero attached hydrogens (tertiary/aromatic N) is 1. The zero-order valence-electron chi connectivity index (χ0n) is 7.07. The number of rotatable bonds is 3. The van der Waals surface area contributed by atoms with Crippen LogP contribution in [0.5, 0.6) is 11.6 Å². The molecule has 0 aromatic carbocycles. The van der Waals surface area contributed by atoms with Crippen LogP contribution in [0.25, 0.3) is 0 Å². The molecule has 14 heavy (non-hydrogen) atoms. The molecule has 0 aliphatic carbocycles. The van der Waals surface area contributed by atoms with Crippen molar-refractivity contribution in [3.05, 3.63) is 16.2 Å². The van der Waals surface area contributed by atoms with Crippen LogP contribution in [0.15, 0.2) is 6.07 Å². The van der Waals surface area contributed by atoms with Gasteiger partial charge < -0.3 is 19.4 Å². The van der Waals surface area contributed by atoms with Gasteiger partial charge in [-0.15, -0.1) is 0 Å². The van der Waals surface area contributed by atoms with Gasteiger partial charge in [0.25, 0.3) is 0 Å². The normalized spacial score (nSPS) is 9.79. The van der Waals surface area contributed by atoms with Crippen molar-refractivity contribution in [2.75, 3.05) is 7.11 Å². The first-order chi connectivity index (χ1) is 6.54. The predicted molar refractivity (Wildman–Crippen MR) is 51.6 cm³/mol. The molecule has 1 aromatic heterocycles. The third kappa shape index (κ3) is 2.65. The van der Waals surface area contributed by atoms with Crippen LogP contribution in [0.4, 0.5) is 0 Å². The van der Waals surface area contributed by atoms with Gasteiger partial charge in [0.1, 0.15) is 10.8 Å². The van der Waals surface area contributed by atoms with Crippen molar-refractivity contribution in [1.29, 1.82) is 0 Å². The number of ether oxygens (including phenoxy) is 1. The molecule has 0 unspecified atom stereocenters. The molecule has 0 aliphatic rings. The van der Waals surface area contributed by atoms with E-state index in [2.05, 4.69) is 9.64 Å². The molecule has 0 saturated carbocycles. The summed E-state index contributed by atoms with van der Waals surface area (Å²) in [5.41, 5.74) is 0. The topological polar surface area (TPSA) is 71.8 Å². The molecule has 0 radical (unpaired) electrons. The molecule has 5 nitrogen and oxygen atoms in total. The lowest BCUT2D eigenvalue weighted by Gasteiger charge is -2.09. The zero-order chi connectivity index (χ0) is 10.7. The molecule has 0 atom stereocenters. The minimum absolute atomic E-state index is 0.0134. The molecule has 2 N–H and O–H groups in total. The van der Waals surface area contributed by atoms with Crippen LogP contribution in [0.3, 0.4) is 0 Å². The third-order valence-corrected chi connectivity index (χ3v) is 2.04. The lowest BCUT2D eigenvalue weighted by molar-refractivity contribution is 0.287. The number of hydrogen-bond donors (Lipinski definition) is 2. The summed E-state index contributed by atoms with van der Waals surface area (Å²) in [7, 11) is -0.596. The highest BCUT2D eigenvalue weighted by molar-refractivity contribution is 6.43. The Bertz CT molecular complexity index is 336. The van der Waals surface area contributed by atoms with E-state index in [0.29, 0.717) is 0 Å². The van der Waals surface area contributed by atoms with Crippen molar-refractivity contribution in [3.8, 4) is 11.6 Å². The number of hydrogen-bond acceptors (Lipinski definition) is 5. The molecule has 0 bridgehead atoms. The maximum atomic E-state index is 8.56. The Labute approximate surface area is 90.4 Å². The Morgan fingerprint density at radius 3 is 2.57 bits per heavy atom. The Morgan fingerprint density at radius 1 is 1.43 bits per heavy atom. The maximum absolute atomic E-state index is 8.56. The van der Waals surface area contributed by atoms with Crippen molar-refractivity contribution in [1.82, 2.24) is 4.98 Å². The van der Waals surface area contributed by atoms with Crippen molar-refractivity contribution in [3.63, 3.8) is 0 Å². The SMILES string of the molecule is COc1cc(OB(O)O)c(Cl)c(Cl)n1. The average Bonchev–Trinajstić information content (AvgIpc) is 2.11. The number of methoxy groups -OCH3 is 1. The Kier molecular flexibility index (Phi) is 3.82. The lowest BCUT2D eigenvalue weighted by Crippen LogP contribution is -2.20. The molecule has 0 aliphatic heterocycles. The van der Waals surface area contributed by atoms with Gasteiger partial charge in [0, 0.05) is 6.07 Å². The fraction of sp³-hybridized carbons (Fsp3) is 0.167. The highest BCUT2D eigenvalue weighted by Crippen LogP contribution is 2.33. The van der Waals surface area contributed by atoms with E-state index in [-0.39, 0.29) is 21.8 Å². The first-order valence-electron chi connectivity index (χ1n) is 3.47. The molecular weight excluding hydrogens is 232 g/mol. The van der Waals surface area contributed by atoms with Gasteiger partial charge in [-0.25, -0.2) is 0 Å². The number of aromatic nitrogens is 1. The van der Waals surface area contributed by atoms with Crippen LogP contribution < -0.4 is 9.39 Å². The van der Waals surface area contributed by atoms with E-state index in [4.69, 9.17) is 38.0 Å². The van der Waals surface area contributed by atoms with Gasteiger partial charge in [-0.3, -0.25) is 0 Å². The monoisotopic (exact) mass is 237 g/mol. The smallest absolute Gasteiger partial charge is 0.510 e. The number of pyridine rings is 1. The van der Waals surface area contributed by atoms with Crippen molar-refractivity contribution in [2.24, 2.45) is 0 Å². The summed E-state index contributed by atoms with van der Waals surface area (Å²) >= 11 is 11.3. The van der Waals surface area contributed by atoms with Gasteiger partial charge in [-0.2, -0.15) is 4.98 Å². The van der Waals surface area contributed by atoms with Crippen LogP contribution in [-0.2, 0) is 0 Å². The van der Waals surface area contributed by atoms with Crippen molar-refractivity contribution in [2.45, 2.75) is 0 Å². The van der Waals surface area contributed by atoms with Crippen LogP contribution in [-0.4, -0.2) is 29.5 Å². The highest BCUT2D eigenvalue weighted by Gasteiger charge is 2.17. The quantitative estimate of drug-likeness (QED) is 0.600. The fourth-order valence-corrected chi connectivity index (χ4v) is 1.08. The Balaban J connectivity index is 3.07. The van der Waals surface area contributed by atoms with Gasteiger partial charge in [0.05, 0.1) is 7.11 Å². The second-order valence-electron chi connectivity index (χ2n) is 2.21. The van der Waals surface area contributed by atoms with Gasteiger partial charge in [0.2, 0.25) is 5.88 Å². The van der Waals surface area contributed by atoms with Crippen LogP contribution in [0.1, 0.15) is 0 Å². The highest BCUT2D eigenvalue weighted by atomic mass is 35.5. The standard InChI is InChI=1S/C6H6BCl2NO4/c1-13-4-2-3(14-7(11)12)5(8)6(9)10-4/h2,11-12H,1H3. The molecule has 8 heteroatoms. The molecule has 0 spiro atoms. The van der Waals surface area contributed by atoms with Gasteiger partial charge in [-0.1, -0.05) is 23.2 Å². The molecule has 1 aromatic rings. The molecule has 0 saturated heterocycles. The van der Waals surface area contributed by atoms with Gasteiger partial charge in [-0.05, 0) is 0 Å². The van der Waals surface area contributed by atoms with Crippen molar-refractivity contribution >= 4 is 30.5 Å². The summed E-state index contributed by atoms with van der Waals surface area (Å²) < 4.78 is 9.32. The average molecular weight is 238 g/mol. The summed E-state index contributed by atoms with van der Waals surface area (Å²) in [4.78, 5) is 3.73. The van der Waals surface area contributed by atoms with E-state index in [1.165, 1.54) is 13.2 Å². The maximum Gasteiger partial charge on any atom is 0.707 e. The first-order valence-corrected chi connectivity index (χ1v) is 4.23. The molecule has 0 amide bonds. The molecular formula is C6H6BCl2NO4. The van der Waals surface area contributed by atoms with E-state index in [1.54, 1.807) is 0 Å². The van der Waals surface area contributed by atoms with Gasteiger partial charge in [0.15, 0.2) is 5.15 Å². The number of halogens is 2. The lowest BCUT2D eigenvalue weighted by atomic mass is 10.2. The Morgan fingerprint density at radius 2 is 2.07 bits per heavy atom. The summed E-state index contributed by atoms with van der Waals surface area (Å²) in [5, 5.41) is 17.1. The summed E-state index contributed by atoms with van der Waals surface area (Å²) in [5.74, 6) is 0.147. The molecule has 76 valence electrons. The van der Waals surface area contributed by atoms with Crippen LogP contribution in [0.2, 0.25) is 10.2 Å². The predicted octanol–water partition coefficient (Wildman–Crippen LogP) is 0.745. The van der Waals surface area contributed by atoms with Crippen LogP contribution in [0, 0.1) is 0 Å². The summed E-state index contributed by atoms with van der Waals surface area (Å²) in [6, 6.07) is 1.29. The summed E-state index contributed by atoms with van der Waals surface area (Å²) in [6.45, 7) is 0. The van der Waals surface area contributed by atoms with E-state index >= 15 is 0 Å². The molecule has 1 heterocycles. The van der Waals surface area contributed by atoms with E-state index in [0.717, 1.165) is 0 Å². The second-order valence-corrected chi connectivity index (χ2v) is 2.95. The van der Waals surface area contributed by atoms with E-state index < -0.39 is 7.32 Å². The minimum atomic E-state index is -1.98. The van der Waals surface area contributed by atoms with Gasteiger partial charge >= 0.3 is 7.32 Å². The van der Waals surface area contributed by atoms with E-state index in [1.807, 2.05) is 0 Å². The largest absolute Gasteiger partial charge is 0.707 e. The molecule has 0 fully saturated rings. The van der Waals surface area contributed by atoms with E-state index in [9.17, 15) is 0 Å².